The minimum Gasteiger partial charge on any atom is -0.396 e. The molecule has 0 heterocycles. The van der Waals surface area contributed by atoms with E-state index in [1.54, 1.807) is 31.2 Å². The summed E-state index contributed by atoms with van der Waals surface area (Å²) < 4.78 is 0. The minimum absolute atomic E-state index is 0.0451. The summed E-state index contributed by atoms with van der Waals surface area (Å²) in [6, 6.07) is 8.61. The number of aliphatic hydroxyl groups excluding tert-OH is 1. The zero-order valence-electron chi connectivity index (χ0n) is 13.5. The highest BCUT2D eigenvalue weighted by Gasteiger charge is 2.18. The summed E-state index contributed by atoms with van der Waals surface area (Å²) in [6.45, 7) is 5.85. The number of hydrogen-bond acceptors (Lipinski definition) is 3. The Balaban J connectivity index is 2.45. The van der Waals surface area contributed by atoms with E-state index < -0.39 is 0 Å². The number of benzene rings is 1. The molecule has 2 amide bonds. The maximum absolute atomic E-state index is 12.0. The van der Waals surface area contributed by atoms with Gasteiger partial charge in [-0.15, -0.1) is 0 Å². The average molecular weight is 306 g/mol. The average Bonchev–Trinajstić information content (AvgIpc) is 2.47. The largest absolute Gasteiger partial charge is 0.396 e. The molecule has 0 bridgehead atoms. The second-order valence-corrected chi connectivity index (χ2v) is 5.87. The van der Waals surface area contributed by atoms with Gasteiger partial charge in [-0.2, -0.15) is 0 Å². The highest BCUT2D eigenvalue weighted by molar-refractivity contribution is 5.94. The van der Waals surface area contributed by atoms with Crippen molar-refractivity contribution >= 4 is 11.8 Å². The monoisotopic (exact) mass is 306 g/mol. The number of aliphatic hydroxyl groups is 1. The molecular formula is C17H26N2O3. The van der Waals surface area contributed by atoms with Crippen molar-refractivity contribution in [2.24, 2.45) is 5.92 Å². The zero-order valence-corrected chi connectivity index (χ0v) is 13.5. The number of hydrogen-bond donors (Lipinski definition) is 3. The predicted octanol–water partition coefficient (Wildman–Crippen LogP) is 1.72. The number of carbonyl (C=O) groups excluding carboxylic acids is 2. The Bertz CT molecular complexity index is 474. The molecule has 0 saturated carbocycles. The van der Waals surface area contributed by atoms with Crippen molar-refractivity contribution in [3.8, 4) is 0 Å². The normalized spacial score (nSPS) is 13.5. The highest BCUT2D eigenvalue weighted by Crippen LogP contribution is 2.06. The van der Waals surface area contributed by atoms with E-state index in [9.17, 15) is 9.59 Å². The Morgan fingerprint density at radius 1 is 1.09 bits per heavy atom. The van der Waals surface area contributed by atoms with Gasteiger partial charge < -0.3 is 15.7 Å². The van der Waals surface area contributed by atoms with Crippen LogP contribution in [0.3, 0.4) is 0 Å². The summed E-state index contributed by atoms with van der Waals surface area (Å²) in [4.78, 5) is 24.0. The van der Waals surface area contributed by atoms with Crippen LogP contribution in [0.25, 0.3) is 0 Å². The Labute approximate surface area is 132 Å². The van der Waals surface area contributed by atoms with Gasteiger partial charge in [-0.05, 0) is 31.4 Å². The lowest BCUT2D eigenvalue weighted by Crippen LogP contribution is -2.43. The van der Waals surface area contributed by atoms with Crippen LogP contribution in [0.5, 0.6) is 0 Å². The van der Waals surface area contributed by atoms with E-state index in [-0.39, 0.29) is 42.8 Å². The van der Waals surface area contributed by atoms with Crippen molar-refractivity contribution in [2.45, 2.75) is 45.7 Å². The number of carbonyl (C=O) groups is 2. The summed E-state index contributed by atoms with van der Waals surface area (Å²) in [5.41, 5.74) is 0.579. The molecule has 0 saturated heterocycles. The molecule has 22 heavy (non-hydrogen) atoms. The van der Waals surface area contributed by atoms with Crippen LogP contribution in [0.15, 0.2) is 30.3 Å². The van der Waals surface area contributed by atoms with Crippen LogP contribution >= 0.6 is 0 Å². The first-order valence-electron chi connectivity index (χ1n) is 7.70. The number of rotatable bonds is 8. The SMILES string of the molecule is CC(CC(=O)NC(CCO)C(C)C)NC(=O)c1ccccc1. The maximum atomic E-state index is 12.0. The topological polar surface area (TPSA) is 78.4 Å². The first-order valence-corrected chi connectivity index (χ1v) is 7.70. The van der Waals surface area contributed by atoms with Crippen LogP contribution in [0.4, 0.5) is 0 Å². The van der Waals surface area contributed by atoms with Gasteiger partial charge in [0.2, 0.25) is 5.91 Å². The van der Waals surface area contributed by atoms with E-state index in [1.807, 2.05) is 19.9 Å². The number of amides is 2. The van der Waals surface area contributed by atoms with Crippen molar-refractivity contribution in [2.75, 3.05) is 6.61 Å². The first kappa shape index (κ1) is 18.2. The van der Waals surface area contributed by atoms with Gasteiger partial charge in [0, 0.05) is 30.7 Å². The minimum atomic E-state index is -0.255. The lowest BCUT2D eigenvalue weighted by molar-refractivity contribution is -0.122. The quantitative estimate of drug-likeness (QED) is 0.684. The lowest BCUT2D eigenvalue weighted by atomic mass is 10.0. The summed E-state index contributed by atoms with van der Waals surface area (Å²) >= 11 is 0. The molecule has 3 N–H and O–H groups in total. The third kappa shape index (κ3) is 6.26. The van der Waals surface area contributed by atoms with Crippen molar-refractivity contribution in [1.82, 2.24) is 10.6 Å². The standard InChI is InChI=1S/C17H26N2O3/c1-12(2)15(9-10-20)19-16(21)11-13(3)18-17(22)14-7-5-4-6-8-14/h4-8,12-13,15,20H,9-11H2,1-3H3,(H,18,22)(H,19,21). The maximum Gasteiger partial charge on any atom is 0.251 e. The molecule has 0 spiro atoms. The molecule has 5 heteroatoms. The third-order valence-electron chi connectivity index (χ3n) is 3.50. The van der Waals surface area contributed by atoms with E-state index in [0.717, 1.165) is 0 Å². The van der Waals surface area contributed by atoms with E-state index in [2.05, 4.69) is 10.6 Å². The van der Waals surface area contributed by atoms with Crippen LogP contribution in [-0.2, 0) is 4.79 Å². The van der Waals surface area contributed by atoms with E-state index >= 15 is 0 Å². The van der Waals surface area contributed by atoms with Crippen molar-refractivity contribution < 1.29 is 14.7 Å². The molecule has 2 atom stereocenters. The van der Waals surface area contributed by atoms with Crippen LogP contribution in [0.2, 0.25) is 0 Å². The molecule has 2 unspecified atom stereocenters. The predicted molar refractivity (Wildman–Crippen MR) is 86.5 cm³/mol. The van der Waals surface area contributed by atoms with Crippen molar-refractivity contribution in [3.63, 3.8) is 0 Å². The van der Waals surface area contributed by atoms with Gasteiger partial charge in [0.15, 0.2) is 0 Å². The number of nitrogens with one attached hydrogen (secondary N) is 2. The molecule has 0 aliphatic carbocycles. The molecule has 1 aromatic rings. The summed E-state index contributed by atoms with van der Waals surface area (Å²) in [6.07, 6.45) is 0.751. The molecule has 0 aliphatic rings. The second-order valence-electron chi connectivity index (χ2n) is 5.87. The highest BCUT2D eigenvalue weighted by atomic mass is 16.3. The Morgan fingerprint density at radius 3 is 2.27 bits per heavy atom. The second kappa shape index (κ2) is 9.20. The van der Waals surface area contributed by atoms with Gasteiger partial charge in [-0.25, -0.2) is 0 Å². The Kier molecular flexibility index (Phi) is 7.60. The smallest absolute Gasteiger partial charge is 0.251 e. The van der Waals surface area contributed by atoms with Crippen LogP contribution in [-0.4, -0.2) is 35.6 Å². The van der Waals surface area contributed by atoms with Gasteiger partial charge in [0.1, 0.15) is 0 Å². The Morgan fingerprint density at radius 2 is 1.73 bits per heavy atom. The van der Waals surface area contributed by atoms with Gasteiger partial charge in [-0.3, -0.25) is 9.59 Å². The Hall–Kier alpha value is -1.88. The molecule has 0 fully saturated rings. The summed E-state index contributed by atoms with van der Waals surface area (Å²) in [5, 5.41) is 14.7. The molecule has 5 nitrogen and oxygen atoms in total. The van der Waals surface area contributed by atoms with Gasteiger partial charge in [0.05, 0.1) is 0 Å². The van der Waals surface area contributed by atoms with Crippen LogP contribution in [0.1, 0.15) is 44.0 Å². The van der Waals surface area contributed by atoms with Crippen LogP contribution < -0.4 is 10.6 Å². The molecular weight excluding hydrogens is 280 g/mol. The van der Waals surface area contributed by atoms with E-state index in [1.165, 1.54) is 0 Å². The molecule has 1 aromatic carbocycles. The fourth-order valence-corrected chi connectivity index (χ4v) is 2.20. The molecule has 0 radical (unpaired) electrons. The zero-order chi connectivity index (χ0) is 16.5. The fraction of sp³-hybridized carbons (Fsp3) is 0.529. The first-order chi connectivity index (χ1) is 10.4. The molecule has 0 aromatic heterocycles. The van der Waals surface area contributed by atoms with E-state index in [4.69, 9.17) is 5.11 Å². The van der Waals surface area contributed by atoms with Crippen molar-refractivity contribution in [1.29, 1.82) is 0 Å². The van der Waals surface area contributed by atoms with Gasteiger partial charge >= 0.3 is 0 Å². The molecule has 1 rings (SSSR count). The summed E-state index contributed by atoms with van der Waals surface area (Å²) in [5.74, 6) is -0.0463. The van der Waals surface area contributed by atoms with E-state index in [0.29, 0.717) is 12.0 Å². The summed E-state index contributed by atoms with van der Waals surface area (Å²) in [7, 11) is 0. The van der Waals surface area contributed by atoms with Crippen molar-refractivity contribution in [3.05, 3.63) is 35.9 Å². The van der Waals surface area contributed by atoms with Crippen LogP contribution in [0, 0.1) is 5.92 Å². The molecule has 122 valence electrons. The van der Waals surface area contributed by atoms with Gasteiger partial charge in [0.25, 0.3) is 5.91 Å². The molecule has 0 aliphatic heterocycles. The van der Waals surface area contributed by atoms with Gasteiger partial charge in [-0.1, -0.05) is 32.0 Å². The third-order valence-corrected chi connectivity index (χ3v) is 3.50. The lowest BCUT2D eigenvalue weighted by Gasteiger charge is -2.22. The fourth-order valence-electron chi connectivity index (χ4n) is 2.20.